The lowest BCUT2D eigenvalue weighted by atomic mass is 10.1. The first-order valence-corrected chi connectivity index (χ1v) is 8.45. The molecule has 0 fully saturated rings. The first-order chi connectivity index (χ1) is 13.4. The highest BCUT2D eigenvalue weighted by Gasteiger charge is 2.32. The Kier molecular flexibility index (Phi) is 11.4. The SMILES string of the molecule is C[C@@H](O)[C@H](NC(=O)[C@H](CO)NC(=O)[C@@H](N)CO)C(=O)N[C@@H](CCC(=O)O)C(=O)O. The van der Waals surface area contributed by atoms with E-state index in [0.717, 1.165) is 6.92 Å². The Morgan fingerprint density at radius 1 is 0.862 bits per heavy atom. The minimum Gasteiger partial charge on any atom is -0.481 e. The van der Waals surface area contributed by atoms with Crippen molar-refractivity contribution in [2.24, 2.45) is 5.73 Å². The van der Waals surface area contributed by atoms with E-state index < -0.39 is 86.0 Å². The third kappa shape index (κ3) is 9.29. The number of carboxylic acids is 2. The fourth-order valence-corrected chi connectivity index (χ4v) is 2.00. The summed E-state index contributed by atoms with van der Waals surface area (Å²) in [6, 6.07) is -6.20. The maximum absolute atomic E-state index is 12.3. The van der Waals surface area contributed by atoms with Gasteiger partial charge in [0.05, 0.1) is 19.3 Å². The van der Waals surface area contributed by atoms with Crippen molar-refractivity contribution in [1.82, 2.24) is 16.0 Å². The number of carbonyl (C=O) groups is 5. The fraction of sp³-hybridized carbons (Fsp3) is 0.667. The van der Waals surface area contributed by atoms with Crippen LogP contribution in [0.25, 0.3) is 0 Å². The van der Waals surface area contributed by atoms with E-state index >= 15 is 0 Å². The van der Waals surface area contributed by atoms with Gasteiger partial charge in [0.1, 0.15) is 24.2 Å². The van der Waals surface area contributed by atoms with Gasteiger partial charge in [-0.3, -0.25) is 19.2 Å². The molecule has 0 aliphatic heterocycles. The number of carbonyl (C=O) groups excluding carboxylic acids is 3. The van der Waals surface area contributed by atoms with Gasteiger partial charge in [-0.1, -0.05) is 0 Å². The van der Waals surface area contributed by atoms with Crippen molar-refractivity contribution in [3.63, 3.8) is 0 Å². The number of nitrogens with two attached hydrogens (primary N) is 1. The standard InChI is InChI=1S/C15H26N4O10/c1-6(22)11(14(27)17-8(15(28)29)2-3-10(23)24)19-13(26)9(5-21)18-12(25)7(16)4-20/h6-9,11,20-22H,2-5,16H2,1H3,(H,17,27)(H,18,25)(H,19,26)(H,23,24)(H,28,29)/t6-,7+,8+,9+,11+/m1/s1. The molecular formula is C15H26N4O10. The predicted octanol–water partition coefficient (Wildman–Crippen LogP) is -4.92. The number of hydrogen-bond donors (Lipinski definition) is 9. The van der Waals surface area contributed by atoms with Crippen molar-refractivity contribution in [2.75, 3.05) is 13.2 Å². The zero-order valence-electron chi connectivity index (χ0n) is 15.6. The Hall–Kier alpha value is -2.81. The minimum absolute atomic E-state index is 0.439. The van der Waals surface area contributed by atoms with Gasteiger partial charge in [0.15, 0.2) is 0 Å². The van der Waals surface area contributed by atoms with E-state index in [9.17, 15) is 34.2 Å². The molecule has 5 atom stereocenters. The van der Waals surface area contributed by atoms with Crippen LogP contribution in [-0.2, 0) is 24.0 Å². The molecule has 14 heteroatoms. The molecule has 0 aromatic carbocycles. The molecule has 0 aliphatic rings. The van der Waals surface area contributed by atoms with Crippen molar-refractivity contribution in [3.05, 3.63) is 0 Å². The molecule has 29 heavy (non-hydrogen) atoms. The van der Waals surface area contributed by atoms with Gasteiger partial charge in [-0.15, -0.1) is 0 Å². The van der Waals surface area contributed by atoms with Gasteiger partial charge < -0.3 is 47.2 Å². The van der Waals surface area contributed by atoms with Crippen molar-refractivity contribution >= 4 is 29.7 Å². The summed E-state index contributed by atoms with van der Waals surface area (Å²) in [7, 11) is 0. The van der Waals surface area contributed by atoms with E-state index in [4.69, 9.17) is 21.1 Å². The van der Waals surface area contributed by atoms with Crippen LogP contribution in [-0.4, -0.2) is 98.7 Å². The summed E-state index contributed by atoms with van der Waals surface area (Å²) in [5, 5.41) is 51.6. The number of aliphatic hydroxyl groups is 3. The van der Waals surface area contributed by atoms with Crippen molar-refractivity contribution in [3.8, 4) is 0 Å². The first-order valence-electron chi connectivity index (χ1n) is 8.45. The molecule has 10 N–H and O–H groups in total. The molecule has 0 heterocycles. The van der Waals surface area contributed by atoms with E-state index in [1.54, 1.807) is 0 Å². The minimum atomic E-state index is -1.67. The Labute approximate surface area is 165 Å². The number of aliphatic hydroxyl groups excluding tert-OH is 3. The van der Waals surface area contributed by atoms with Crippen LogP contribution in [0.5, 0.6) is 0 Å². The Balaban J connectivity index is 5.16. The number of aliphatic carboxylic acids is 2. The second-order valence-corrected chi connectivity index (χ2v) is 6.09. The summed E-state index contributed by atoms with van der Waals surface area (Å²) in [4.78, 5) is 57.8. The summed E-state index contributed by atoms with van der Waals surface area (Å²) >= 11 is 0. The smallest absolute Gasteiger partial charge is 0.326 e. The van der Waals surface area contributed by atoms with Gasteiger partial charge in [-0.05, 0) is 13.3 Å². The Morgan fingerprint density at radius 2 is 1.41 bits per heavy atom. The van der Waals surface area contributed by atoms with E-state index in [0.29, 0.717) is 0 Å². The summed E-state index contributed by atoms with van der Waals surface area (Å²) in [6.07, 6.45) is -2.50. The second-order valence-electron chi connectivity index (χ2n) is 6.09. The van der Waals surface area contributed by atoms with Crippen LogP contribution in [0.15, 0.2) is 0 Å². The molecule has 0 unspecified atom stereocenters. The lowest BCUT2D eigenvalue weighted by Crippen LogP contribution is -2.60. The molecule has 0 saturated carbocycles. The van der Waals surface area contributed by atoms with E-state index in [1.165, 1.54) is 0 Å². The molecule has 14 nitrogen and oxygen atoms in total. The molecule has 166 valence electrons. The van der Waals surface area contributed by atoms with Crippen molar-refractivity contribution in [2.45, 2.75) is 50.0 Å². The van der Waals surface area contributed by atoms with Gasteiger partial charge in [0.25, 0.3) is 0 Å². The van der Waals surface area contributed by atoms with Gasteiger partial charge in [-0.25, -0.2) is 4.79 Å². The molecule has 0 aromatic rings. The molecule has 0 radical (unpaired) electrons. The highest BCUT2D eigenvalue weighted by Crippen LogP contribution is 2.02. The third-order valence-corrected chi connectivity index (χ3v) is 3.67. The van der Waals surface area contributed by atoms with Crippen LogP contribution in [0.4, 0.5) is 0 Å². The Bertz CT molecular complexity index is 612. The zero-order chi connectivity index (χ0) is 22.7. The normalized spacial score (nSPS) is 15.9. The topological polar surface area (TPSA) is 249 Å². The molecule has 0 saturated heterocycles. The van der Waals surface area contributed by atoms with Gasteiger partial charge in [-0.2, -0.15) is 0 Å². The lowest BCUT2D eigenvalue weighted by Gasteiger charge is -2.25. The predicted molar refractivity (Wildman–Crippen MR) is 94.1 cm³/mol. The monoisotopic (exact) mass is 422 g/mol. The first kappa shape index (κ1) is 26.2. The van der Waals surface area contributed by atoms with Crippen LogP contribution >= 0.6 is 0 Å². The number of amides is 3. The van der Waals surface area contributed by atoms with Crippen molar-refractivity contribution in [1.29, 1.82) is 0 Å². The molecule has 3 amide bonds. The highest BCUT2D eigenvalue weighted by molar-refractivity contribution is 5.94. The van der Waals surface area contributed by atoms with Crippen molar-refractivity contribution < 1.29 is 49.5 Å². The third-order valence-electron chi connectivity index (χ3n) is 3.67. The number of nitrogens with one attached hydrogen (secondary N) is 3. The largest absolute Gasteiger partial charge is 0.481 e. The Morgan fingerprint density at radius 3 is 1.83 bits per heavy atom. The van der Waals surface area contributed by atoms with Crippen LogP contribution < -0.4 is 21.7 Å². The molecule has 0 aliphatic carbocycles. The summed E-state index contributed by atoms with van der Waals surface area (Å²) < 4.78 is 0. The maximum atomic E-state index is 12.3. The fourth-order valence-electron chi connectivity index (χ4n) is 2.00. The number of carboxylic acid groups (broad SMARTS) is 2. The maximum Gasteiger partial charge on any atom is 0.326 e. The number of hydrogen-bond acceptors (Lipinski definition) is 9. The van der Waals surface area contributed by atoms with Crippen LogP contribution in [0.1, 0.15) is 19.8 Å². The van der Waals surface area contributed by atoms with E-state index in [1.807, 2.05) is 10.6 Å². The van der Waals surface area contributed by atoms with Crippen LogP contribution in [0.3, 0.4) is 0 Å². The van der Waals surface area contributed by atoms with Crippen LogP contribution in [0.2, 0.25) is 0 Å². The summed E-state index contributed by atoms with van der Waals surface area (Å²) in [6.45, 7) is -0.511. The molecular weight excluding hydrogens is 396 g/mol. The molecule has 0 rings (SSSR count). The average Bonchev–Trinajstić information content (AvgIpc) is 2.65. The number of rotatable bonds is 13. The van der Waals surface area contributed by atoms with Gasteiger partial charge >= 0.3 is 11.9 Å². The van der Waals surface area contributed by atoms with Gasteiger partial charge in [0.2, 0.25) is 17.7 Å². The zero-order valence-corrected chi connectivity index (χ0v) is 15.6. The summed E-state index contributed by atoms with van der Waals surface area (Å²) in [5.74, 6) is -5.98. The second kappa shape index (κ2) is 12.6. The van der Waals surface area contributed by atoms with E-state index in [2.05, 4.69) is 5.32 Å². The van der Waals surface area contributed by atoms with E-state index in [-0.39, 0.29) is 0 Å². The molecule has 0 aromatic heterocycles. The lowest BCUT2D eigenvalue weighted by molar-refractivity contribution is -0.144. The molecule has 0 spiro atoms. The molecule has 0 bridgehead atoms. The quantitative estimate of drug-likeness (QED) is 0.136. The van der Waals surface area contributed by atoms with Crippen LogP contribution in [0, 0.1) is 0 Å². The highest BCUT2D eigenvalue weighted by atomic mass is 16.4. The average molecular weight is 422 g/mol. The summed E-state index contributed by atoms with van der Waals surface area (Å²) in [5.41, 5.74) is 5.27. The van der Waals surface area contributed by atoms with Gasteiger partial charge in [0, 0.05) is 6.42 Å².